The fourth-order valence-electron chi connectivity index (χ4n) is 17.2. The Hall–Kier alpha value is 0. The molecule has 6 aliphatic carbocycles. The van der Waals surface area contributed by atoms with Crippen molar-refractivity contribution in [1.29, 1.82) is 0 Å². The van der Waals surface area contributed by atoms with Crippen molar-refractivity contribution in [2.24, 2.45) is 121 Å². The molecule has 498 valence electrons. The molecule has 0 aromatic rings. The van der Waals surface area contributed by atoms with Crippen LogP contribution in [0.2, 0.25) is 0 Å². The lowest BCUT2D eigenvalue weighted by molar-refractivity contribution is -0.00866. The van der Waals surface area contributed by atoms with Crippen LogP contribution >= 0.6 is 0 Å². The second-order valence-corrected chi connectivity index (χ2v) is 34.0. The quantitative estimate of drug-likeness (QED) is 0.216. The van der Waals surface area contributed by atoms with E-state index in [9.17, 15) is 0 Å². The molecule has 0 N–H and O–H groups in total. The van der Waals surface area contributed by atoms with Gasteiger partial charge in [-0.25, -0.2) is 0 Å². The van der Waals surface area contributed by atoms with Crippen LogP contribution in [0, 0.1) is 121 Å². The van der Waals surface area contributed by atoms with E-state index in [4.69, 9.17) is 0 Å². The van der Waals surface area contributed by atoms with Crippen LogP contribution in [0.1, 0.15) is 405 Å². The van der Waals surface area contributed by atoms with Gasteiger partial charge in [0.15, 0.2) is 0 Å². The number of hydrogen-bond donors (Lipinski definition) is 0. The van der Waals surface area contributed by atoms with Gasteiger partial charge in [-0.05, 0) is 205 Å². The van der Waals surface area contributed by atoms with Gasteiger partial charge in [0.2, 0.25) is 0 Å². The summed E-state index contributed by atoms with van der Waals surface area (Å²) in [6, 6.07) is 0. The van der Waals surface area contributed by atoms with E-state index in [0.717, 1.165) is 88.8 Å². The lowest BCUT2D eigenvalue weighted by Crippen LogP contribution is -2.41. The maximum absolute atomic E-state index is 2.43. The Labute approximate surface area is 523 Å². The van der Waals surface area contributed by atoms with E-state index in [-0.39, 0.29) is 44.6 Å². The minimum atomic E-state index is 0. The topological polar surface area (TPSA) is 0 Å². The highest BCUT2D eigenvalue weighted by Gasteiger charge is 2.45. The Morgan fingerprint density at radius 3 is 0.753 bits per heavy atom. The van der Waals surface area contributed by atoms with Gasteiger partial charge in [0, 0.05) is 0 Å². The van der Waals surface area contributed by atoms with Gasteiger partial charge < -0.3 is 0 Å². The van der Waals surface area contributed by atoms with Gasteiger partial charge >= 0.3 is 0 Å². The van der Waals surface area contributed by atoms with Gasteiger partial charge in [0.1, 0.15) is 0 Å². The van der Waals surface area contributed by atoms with Crippen molar-refractivity contribution in [1.82, 2.24) is 0 Å². The molecule has 0 heteroatoms. The maximum atomic E-state index is 2.43. The molecule has 6 aliphatic rings. The van der Waals surface area contributed by atoms with Crippen molar-refractivity contribution in [2.75, 3.05) is 0 Å². The molecule has 0 heterocycles. The van der Waals surface area contributed by atoms with Gasteiger partial charge in [-0.2, -0.15) is 0 Å². The van der Waals surface area contributed by atoms with Crippen LogP contribution in [0.15, 0.2) is 0 Å². The third-order valence-electron chi connectivity index (χ3n) is 24.0. The number of rotatable bonds is 9. The van der Waals surface area contributed by atoms with Crippen LogP contribution in [0.25, 0.3) is 0 Å². The Morgan fingerprint density at radius 2 is 0.531 bits per heavy atom. The van der Waals surface area contributed by atoms with Gasteiger partial charge in [-0.1, -0.05) is 321 Å². The molecular formula is C81H174. The first-order chi connectivity index (χ1) is 34.5. The minimum absolute atomic E-state index is 0. The number of hydrogen-bond acceptors (Lipinski definition) is 0. The molecule has 0 nitrogen and oxygen atoms in total. The second-order valence-electron chi connectivity index (χ2n) is 34.0. The summed E-state index contributed by atoms with van der Waals surface area (Å²) < 4.78 is 0. The fourth-order valence-corrected chi connectivity index (χ4v) is 17.2. The van der Waals surface area contributed by atoms with Gasteiger partial charge in [0.05, 0.1) is 0 Å². The van der Waals surface area contributed by atoms with Crippen molar-refractivity contribution >= 4 is 0 Å². The van der Waals surface area contributed by atoms with Crippen LogP contribution in [0.4, 0.5) is 0 Å². The van der Waals surface area contributed by atoms with Crippen LogP contribution in [-0.2, 0) is 0 Å². The molecule has 6 fully saturated rings. The Bertz CT molecular complexity index is 1310. The van der Waals surface area contributed by atoms with Crippen molar-refractivity contribution < 1.29 is 0 Å². The molecule has 0 aromatic heterocycles. The molecule has 6 rings (SSSR count). The van der Waals surface area contributed by atoms with Crippen LogP contribution in [0.3, 0.4) is 0 Å². The van der Waals surface area contributed by atoms with Crippen LogP contribution < -0.4 is 0 Å². The summed E-state index contributed by atoms with van der Waals surface area (Å²) in [7, 11) is 0. The molecule has 0 saturated heterocycles. The van der Waals surface area contributed by atoms with E-state index in [1.54, 1.807) is 0 Å². The highest BCUT2D eigenvalue weighted by molar-refractivity contribution is 4.95. The second kappa shape index (κ2) is 42.8. The average molecular weight is 1150 g/mol. The van der Waals surface area contributed by atoms with Crippen molar-refractivity contribution in [3.8, 4) is 0 Å². The summed E-state index contributed by atoms with van der Waals surface area (Å²) in [5, 5.41) is 0. The molecule has 4 unspecified atom stereocenters. The molecule has 0 amide bonds. The summed E-state index contributed by atoms with van der Waals surface area (Å²) in [6.45, 7) is 64.8. The predicted molar refractivity (Wildman–Crippen MR) is 385 cm³/mol. The SMILES string of the molecule is C.C.C.C.C.C.CC(C)C1(C(C)(C)C)CCCCC1.CC(C)C1(C(C)C)CCCCC1.CC(C)C1(C(C)C)CCCCC1.CC(C)C1CCC(C(C)(C)C)CC1.CC(C)C1CCCC(C(C)(C)C)C1.CC(C)C1CCCC(C(C)C)C1. The van der Waals surface area contributed by atoms with Gasteiger partial charge in [-0.15, -0.1) is 0 Å². The fraction of sp³-hybridized carbons (Fsp3) is 1.00. The first kappa shape index (κ1) is 92.2. The van der Waals surface area contributed by atoms with Gasteiger partial charge in [0.25, 0.3) is 0 Å². The maximum Gasteiger partial charge on any atom is -0.0226 e. The molecule has 81 heavy (non-hydrogen) atoms. The Balaban J connectivity index is -0.000000205. The molecular weight excluding hydrogens is 973 g/mol. The normalized spacial score (nSPS) is 25.3. The first-order valence-corrected chi connectivity index (χ1v) is 34.5. The van der Waals surface area contributed by atoms with Crippen molar-refractivity contribution in [2.45, 2.75) is 405 Å². The Morgan fingerprint density at radius 1 is 0.259 bits per heavy atom. The van der Waals surface area contributed by atoms with E-state index in [0.29, 0.717) is 32.5 Å². The summed E-state index contributed by atoms with van der Waals surface area (Å²) in [6.07, 6.45) is 39.7. The third-order valence-corrected chi connectivity index (χ3v) is 24.0. The van der Waals surface area contributed by atoms with Crippen molar-refractivity contribution in [3.63, 3.8) is 0 Å². The molecule has 0 radical (unpaired) electrons. The summed E-state index contributed by atoms with van der Waals surface area (Å²) in [5.74, 6) is 13.9. The lowest BCUT2D eigenvalue weighted by Gasteiger charge is -2.51. The first-order valence-electron chi connectivity index (χ1n) is 34.5. The lowest BCUT2D eigenvalue weighted by atomic mass is 9.54. The monoisotopic (exact) mass is 1150 g/mol. The zero-order valence-corrected chi connectivity index (χ0v) is 57.8. The van der Waals surface area contributed by atoms with E-state index < -0.39 is 0 Å². The zero-order chi connectivity index (χ0) is 57.8. The van der Waals surface area contributed by atoms with E-state index in [2.05, 4.69) is 187 Å². The van der Waals surface area contributed by atoms with E-state index in [1.807, 2.05) is 0 Å². The summed E-state index contributed by atoms with van der Waals surface area (Å²) in [5.41, 5.74) is 3.54. The molecule has 0 spiro atoms. The molecule has 6 saturated carbocycles. The molecule has 0 bridgehead atoms. The van der Waals surface area contributed by atoms with E-state index >= 15 is 0 Å². The van der Waals surface area contributed by atoms with Crippen molar-refractivity contribution in [3.05, 3.63) is 0 Å². The van der Waals surface area contributed by atoms with Gasteiger partial charge in [-0.3, -0.25) is 0 Å². The molecule has 0 aliphatic heterocycles. The third kappa shape index (κ3) is 30.2. The van der Waals surface area contributed by atoms with Crippen LogP contribution in [-0.4, -0.2) is 0 Å². The highest BCUT2D eigenvalue weighted by atomic mass is 14.5. The van der Waals surface area contributed by atoms with Crippen LogP contribution in [0.5, 0.6) is 0 Å². The Kier molecular flexibility index (Phi) is 48.7. The minimum Gasteiger partial charge on any atom is -0.0776 e. The highest BCUT2D eigenvalue weighted by Crippen LogP contribution is 2.55. The average Bonchev–Trinajstić information content (AvgIpc) is 3.34. The largest absolute Gasteiger partial charge is 0.0776 e. The summed E-state index contributed by atoms with van der Waals surface area (Å²) in [4.78, 5) is 0. The smallest absolute Gasteiger partial charge is 0.0226 e. The zero-order valence-electron chi connectivity index (χ0n) is 57.8. The van der Waals surface area contributed by atoms with E-state index in [1.165, 1.54) is 173 Å². The molecule has 0 aromatic carbocycles. The predicted octanol–water partition coefficient (Wildman–Crippen LogP) is 30.0. The summed E-state index contributed by atoms with van der Waals surface area (Å²) >= 11 is 0. The molecule has 4 atom stereocenters. The standard InChI is InChI=1S/3C13H26.3C12H24.6CH4/c1-10(2)11-6-8-12(9-7-11)13(3,4)5;1-10(2)11-7-6-8-12(9-11)13(3,4)5;1-11(2)13(12(3,4)5)9-7-6-8-10-13;1-9(2)11-6-5-7-12(8-11)10(3)4;2*1-10(2)12(11(3)4)8-6-5-7-9-12;;;;;;/h2*10-12H,6-9H2,1-5H3;11H,6-10H2,1-5H3;9-12H,5-8H2,1-4H3;2*10-11H,5-9H2,1-4H3;6*1H4.